The lowest BCUT2D eigenvalue weighted by molar-refractivity contribution is -0.178. The Hall–Kier alpha value is -2.96. The predicted molar refractivity (Wildman–Crippen MR) is 117 cm³/mol. The standard InChI is InChI=1S/C25H30N2O5/c1-16-13-22(27-32-16)24(30)26-17(2)19-9-7-18(8-10-19)11-12-25(20-5-3-4-6-20)15-21(28)14-23(29)31-25/h7-10,13,17,20H,3-6,11-12,14-15H2,1-2H3,(H,26,30)/t17-,25?/m1/s1. The van der Waals surface area contributed by atoms with Gasteiger partial charge in [-0.3, -0.25) is 14.4 Å². The van der Waals surface area contributed by atoms with Gasteiger partial charge in [-0.1, -0.05) is 42.3 Å². The number of aromatic nitrogens is 1. The fraction of sp³-hybridized carbons (Fsp3) is 0.520. The molecule has 1 aliphatic heterocycles. The molecule has 1 saturated heterocycles. The molecule has 1 amide bonds. The van der Waals surface area contributed by atoms with Gasteiger partial charge in [-0.15, -0.1) is 0 Å². The average Bonchev–Trinajstić information content (AvgIpc) is 3.44. The number of Topliss-reactive ketones (excluding diaryl/α,β-unsaturated/α-hetero) is 1. The van der Waals surface area contributed by atoms with Gasteiger partial charge < -0.3 is 14.6 Å². The van der Waals surface area contributed by atoms with Crippen molar-refractivity contribution in [2.24, 2.45) is 5.92 Å². The van der Waals surface area contributed by atoms with Gasteiger partial charge in [-0.05, 0) is 56.6 Å². The number of rotatable bonds is 7. The lowest BCUT2D eigenvalue weighted by atomic mass is 9.76. The summed E-state index contributed by atoms with van der Waals surface area (Å²) in [5.41, 5.74) is 1.70. The maximum absolute atomic E-state index is 12.3. The van der Waals surface area contributed by atoms with E-state index in [-0.39, 0.29) is 41.7 Å². The number of cyclic esters (lactones) is 1. The second-order valence-corrected chi connectivity index (χ2v) is 9.17. The minimum absolute atomic E-state index is 0.00429. The van der Waals surface area contributed by atoms with Crippen LogP contribution in [0.15, 0.2) is 34.9 Å². The van der Waals surface area contributed by atoms with Crippen molar-refractivity contribution in [2.75, 3.05) is 0 Å². The van der Waals surface area contributed by atoms with Crippen molar-refractivity contribution in [3.63, 3.8) is 0 Å². The highest BCUT2D eigenvalue weighted by Gasteiger charge is 2.47. The molecule has 2 fully saturated rings. The van der Waals surface area contributed by atoms with Crippen LogP contribution in [0.25, 0.3) is 0 Å². The number of carbonyl (C=O) groups is 3. The lowest BCUT2D eigenvalue weighted by Crippen LogP contribution is -2.48. The van der Waals surface area contributed by atoms with Crippen LogP contribution in [0, 0.1) is 12.8 Å². The smallest absolute Gasteiger partial charge is 0.313 e. The highest BCUT2D eigenvalue weighted by atomic mass is 16.6. The normalized spacial score (nSPS) is 22.6. The maximum atomic E-state index is 12.3. The number of aryl methyl sites for hydroxylation is 2. The summed E-state index contributed by atoms with van der Waals surface area (Å²) in [5, 5.41) is 6.67. The largest absolute Gasteiger partial charge is 0.458 e. The summed E-state index contributed by atoms with van der Waals surface area (Å²) in [6, 6.07) is 9.48. The zero-order valence-electron chi connectivity index (χ0n) is 18.7. The second-order valence-electron chi connectivity index (χ2n) is 9.17. The van der Waals surface area contributed by atoms with Crippen LogP contribution < -0.4 is 5.32 Å². The number of carbonyl (C=O) groups excluding carboxylic acids is 3. The molecule has 170 valence electrons. The third-order valence-corrected chi connectivity index (χ3v) is 6.78. The van der Waals surface area contributed by atoms with Gasteiger partial charge in [0.2, 0.25) is 0 Å². The van der Waals surface area contributed by atoms with Crippen LogP contribution in [0.2, 0.25) is 0 Å². The molecule has 1 unspecified atom stereocenters. The Bertz CT molecular complexity index is 972. The van der Waals surface area contributed by atoms with Crippen molar-refractivity contribution in [3.8, 4) is 0 Å². The molecular formula is C25H30N2O5. The lowest BCUT2D eigenvalue weighted by Gasteiger charge is -2.41. The number of nitrogens with one attached hydrogen (secondary N) is 1. The molecule has 7 nitrogen and oxygen atoms in total. The third kappa shape index (κ3) is 4.92. The van der Waals surface area contributed by atoms with E-state index >= 15 is 0 Å². The van der Waals surface area contributed by atoms with E-state index in [0.717, 1.165) is 43.2 Å². The molecule has 2 heterocycles. The molecule has 1 N–H and O–H groups in total. The van der Waals surface area contributed by atoms with Crippen LogP contribution in [0.5, 0.6) is 0 Å². The Labute approximate surface area is 187 Å². The minimum atomic E-state index is -0.654. The Morgan fingerprint density at radius 2 is 1.94 bits per heavy atom. The van der Waals surface area contributed by atoms with Crippen molar-refractivity contribution in [2.45, 2.75) is 76.9 Å². The molecule has 0 spiro atoms. The van der Waals surface area contributed by atoms with Gasteiger partial charge in [0.05, 0.1) is 6.04 Å². The number of hydrogen-bond acceptors (Lipinski definition) is 6. The quantitative estimate of drug-likeness (QED) is 0.513. The van der Waals surface area contributed by atoms with Crippen molar-refractivity contribution in [1.29, 1.82) is 0 Å². The number of nitrogens with zero attached hydrogens (tertiary/aromatic N) is 1. The summed E-state index contributed by atoms with van der Waals surface area (Å²) in [6.07, 6.45) is 5.92. The molecule has 2 aromatic rings. The molecule has 1 aromatic heterocycles. The highest BCUT2D eigenvalue weighted by Crippen LogP contribution is 2.43. The molecule has 4 rings (SSSR count). The van der Waals surface area contributed by atoms with Crippen molar-refractivity contribution < 1.29 is 23.6 Å². The fourth-order valence-corrected chi connectivity index (χ4v) is 5.04. The molecule has 1 aliphatic carbocycles. The third-order valence-electron chi connectivity index (χ3n) is 6.78. The van der Waals surface area contributed by atoms with E-state index in [1.165, 1.54) is 0 Å². The monoisotopic (exact) mass is 438 g/mol. The summed E-state index contributed by atoms with van der Waals surface area (Å²) in [5.74, 6) is 0.199. The van der Waals surface area contributed by atoms with E-state index < -0.39 is 5.60 Å². The first-order valence-electron chi connectivity index (χ1n) is 11.4. The highest BCUT2D eigenvalue weighted by molar-refractivity contribution is 5.98. The number of hydrogen-bond donors (Lipinski definition) is 1. The summed E-state index contributed by atoms with van der Waals surface area (Å²) >= 11 is 0. The topological polar surface area (TPSA) is 98.5 Å². The van der Waals surface area contributed by atoms with Gasteiger partial charge in [0.1, 0.15) is 23.6 Å². The summed E-state index contributed by atoms with van der Waals surface area (Å²) in [7, 11) is 0. The fourth-order valence-electron chi connectivity index (χ4n) is 5.04. The van der Waals surface area contributed by atoms with Gasteiger partial charge in [0, 0.05) is 12.5 Å². The molecule has 1 aromatic carbocycles. The van der Waals surface area contributed by atoms with Gasteiger partial charge in [-0.2, -0.15) is 0 Å². The summed E-state index contributed by atoms with van der Waals surface area (Å²) in [6.45, 7) is 3.66. The van der Waals surface area contributed by atoms with Crippen molar-refractivity contribution in [1.82, 2.24) is 10.5 Å². The average molecular weight is 439 g/mol. The predicted octanol–water partition coefficient (Wildman–Crippen LogP) is 4.24. The van der Waals surface area contributed by atoms with Crippen molar-refractivity contribution in [3.05, 3.63) is 52.9 Å². The Morgan fingerprint density at radius 3 is 2.56 bits per heavy atom. The van der Waals surface area contributed by atoms with Crippen LogP contribution in [-0.4, -0.2) is 28.4 Å². The van der Waals surface area contributed by atoms with E-state index in [2.05, 4.69) is 10.5 Å². The van der Waals surface area contributed by atoms with Crippen LogP contribution in [0.4, 0.5) is 0 Å². The van der Waals surface area contributed by atoms with E-state index in [1.54, 1.807) is 13.0 Å². The molecule has 0 bridgehead atoms. The van der Waals surface area contributed by atoms with E-state index in [4.69, 9.17) is 9.26 Å². The van der Waals surface area contributed by atoms with Crippen molar-refractivity contribution >= 4 is 17.7 Å². The van der Waals surface area contributed by atoms with Gasteiger partial charge in [0.15, 0.2) is 5.69 Å². The number of ether oxygens (including phenoxy) is 1. The SMILES string of the molecule is Cc1cc(C(=O)N[C@H](C)c2ccc(CCC3(C4CCCC4)CC(=O)CC(=O)O3)cc2)no1. The van der Waals surface area contributed by atoms with E-state index in [0.29, 0.717) is 18.6 Å². The maximum Gasteiger partial charge on any atom is 0.313 e. The van der Waals surface area contributed by atoms with Crippen LogP contribution in [0.3, 0.4) is 0 Å². The molecular weight excluding hydrogens is 408 g/mol. The zero-order valence-corrected chi connectivity index (χ0v) is 18.7. The van der Waals surface area contributed by atoms with Crippen LogP contribution in [0.1, 0.15) is 85.3 Å². The first-order valence-corrected chi connectivity index (χ1v) is 11.4. The Morgan fingerprint density at radius 1 is 1.22 bits per heavy atom. The summed E-state index contributed by atoms with van der Waals surface area (Å²) < 4.78 is 10.8. The molecule has 2 atom stereocenters. The minimum Gasteiger partial charge on any atom is -0.458 e. The van der Waals surface area contributed by atoms with Crippen LogP contribution in [-0.2, 0) is 20.7 Å². The second kappa shape index (κ2) is 9.27. The van der Waals surface area contributed by atoms with E-state index in [1.807, 2.05) is 31.2 Å². The molecule has 0 radical (unpaired) electrons. The zero-order chi connectivity index (χ0) is 22.7. The Balaban J connectivity index is 1.39. The molecule has 32 heavy (non-hydrogen) atoms. The molecule has 1 saturated carbocycles. The van der Waals surface area contributed by atoms with Gasteiger partial charge in [-0.25, -0.2) is 0 Å². The Kier molecular flexibility index (Phi) is 6.44. The van der Waals surface area contributed by atoms with E-state index in [9.17, 15) is 14.4 Å². The number of amides is 1. The van der Waals surface area contributed by atoms with Gasteiger partial charge >= 0.3 is 5.97 Å². The molecule has 7 heteroatoms. The first kappa shape index (κ1) is 22.2. The van der Waals surface area contributed by atoms with Crippen LogP contribution >= 0.6 is 0 Å². The van der Waals surface area contributed by atoms with Gasteiger partial charge in [0.25, 0.3) is 5.91 Å². The summed E-state index contributed by atoms with van der Waals surface area (Å²) in [4.78, 5) is 36.6. The number of esters is 1. The first-order chi connectivity index (χ1) is 15.3. The molecule has 2 aliphatic rings. The number of ketones is 1. The number of benzene rings is 1.